The summed E-state index contributed by atoms with van der Waals surface area (Å²) >= 11 is 1.35. The Hall–Kier alpha value is -1.89. The van der Waals surface area contributed by atoms with E-state index in [1.165, 1.54) is 11.8 Å². The third-order valence-electron chi connectivity index (χ3n) is 2.50. The number of hydrogen-bond acceptors (Lipinski definition) is 5. The van der Waals surface area contributed by atoms with E-state index in [0.29, 0.717) is 17.5 Å². The van der Waals surface area contributed by atoms with Gasteiger partial charge in [-0.15, -0.1) is 5.10 Å². The molecule has 19 heavy (non-hydrogen) atoms. The Bertz CT molecular complexity index is 540. The van der Waals surface area contributed by atoms with Crippen LogP contribution in [0.2, 0.25) is 0 Å². The standard InChI is InChI=1S/C12H15N5OS/c1-16(2)11(18)9-19-12-13-14-15-17(12)8-10-6-4-3-5-7-10/h3-7H,8-9H2,1-2H3. The Labute approximate surface area is 115 Å². The highest BCUT2D eigenvalue weighted by Gasteiger charge is 2.11. The molecule has 0 aliphatic rings. The van der Waals surface area contributed by atoms with E-state index in [9.17, 15) is 4.79 Å². The van der Waals surface area contributed by atoms with Gasteiger partial charge in [0.05, 0.1) is 12.3 Å². The summed E-state index contributed by atoms with van der Waals surface area (Å²) < 4.78 is 1.70. The van der Waals surface area contributed by atoms with Gasteiger partial charge >= 0.3 is 0 Å². The lowest BCUT2D eigenvalue weighted by Crippen LogP contribution is -2.23. The minimum Gasteiger partial charge on any atom is -0.348 e. The van der Waals surface area contributed by atoms with Gasteiger partial charge in [-0.3, -0.25) is 4.79 Å². The first-order valence-corrected chi connectivity index (χ1v) is 6.78. The molecule has 1 heterocycles. The molecule has 0 unspecified atom stereocenters. The number of carbonyl (C=O) groups is 1. The lowest BCUT2D eigenvalue weighted by atomic mass is 10.2. The Morgan fingerprint density at radius 1 is 1.32 bits per heavy atom. The largest absolute Gasteiger partial charge is 0.348 e. The van der Waals surface area contributed by atoms with Crippen molar-refractivity contribution in [3.8, 4) is 0 Å². The maximum absolute atomic E-state index is 11.5. The quantitative estimate of drug-likeness (QED) is 0.760. The van der Waals surface area contributed by atoms with Gasteiger partial charge in [0.1, 0.15) is 0 Å². The molecule has 7 heteroatoms. The molecule has 0 radical (unpaired) electrons. The Balaban J connectivity index is 2.00. The van der Waals surface area contributed by atoms with Crippen LogP contribution in [0.15, 0.2) is 35.5 Å². The van der Waals surface area contributed by atoms with Crippen molar-refractivity contribution in [2.45, 2.75) is 11.7 Å². The number of carbonyl (C=O) groups excluding carboxylic acids is 1. The van der Waals surface area contributed by atoms with E-state index in [-0.39, 0.29) is 5.91 Å². The molecule has 0 aliphatic carbocycles. The molecule has 2 aromatic rings. The van der Waals surface area contributed by atoms with E-state index < -0.39 is 0 Å². The number of rotatable bonds is 5. The molecule has 0 aliphatic heterocycles. The van der Waals surface area contributed by atoms with Gasteiger partial charge < -0.3 is 4.90 Å². The first-order valence-electron chi connectivity index (χ1n) is 5.80. The van der Waals surface area contributed by atoms with Crippen LogP contribution in [0.25, 0.3) is 0 Å². The Morgan fingerprint density at radius 3 is 2.74 bits per heavy atom. The van der Waals surface area contributed by atoms with Crippen molar-refractivity contribution < 1.29 is 4.79 Å². The summed E-state index contributed by atoms with van der Waals surface area (Å²) in [5.41, 5.74) is 1.12. The summed E-state index contributed by atoms with van der Waals surface area (Å²) in [5.74, 6) is 0.376. The molecule has 1 aromatic carbocycles. The van der Waals surface area contributed by atoms with Crippen LogP contribution in [-0.4, -0.2) is 50.9 Å². The van der Waals surface area contributed by atoms with Gasteiger partial charge in [0.15, 0.2) is 0 Å². The highest BCUT2D eigenvalue weighted by Crippen LogP contribution is 2.15. The van der Waals surface area contributed by atoms with Crippen LogP contribution in [0.5, 0.6) is 0 Å². The first-order chi connectivity index (χ1) is 9.16. The van der Waals surface area contributed by atoms with Crippen molar-refractivity contribution in [1.29, 1.82) is 0 Å². The normalized spacial score (nSPS) is 10.4. The average Bonchev–Trinajstić information content (AvgIpc) is 2.84. The van der Waals surface area contributed by atoms with Crippen molar-refractivity contribution in [2.75, 3.05) is 19.8 Å². The van der Waals surface area contributed by atoms with E-state index in [1.807, 2.05) is 30.3 Å². The monoisotopic (exact) mass is 277 g/mol. The summed E-state index contributed by atoms with van der Waals surface area (Å²) in [6.07, 6.45) is 0. The number of tetrazole rings is 1. The zero-order valence-electron chi connectivity index (χ0n) is 10.9. The van der Waals surface area contributed by atoms with Crippen LogP contribution in [0.1, 0.15) is 5.56 Å². The maximum Gasteiger partial charge on any atom is 0.232 e. The molecule has 6 nitrogen and oxygen atoms in total. The molecular formula is C12H15N5OS. The second kappa shape index (κ2) is 6.33. The summed E-state index contributed by atoms with van der Waals surface area (Å²) in [6, 6.07) is 9.95. The van der Waals surface area contributed by atoms with Gasteiger partial charge in [0, 0.05) is 14.1 Å². The second-order valence-electron chi connectivity index (χ2n) is 4.18. The van der Waals surface area contributed by atoms with Gasteiger partial charge in [-0.25, -0.2) is 4.68 Å². The number of aromatic nitrogens is 4. The van der Waals surface area contributed by atoms with E-state index in [4.69, 9.17) is 0 Å². The van der Waals surface area contributed by atoms with Gasteiger partial charge in [0.25, 0.3) is 0 Å². The molecule has 1 amide bonds. The average molecular weight is 277 g/mol. The fourth-order valence-corrected chi connectivity index (χ4v) is 2.27. The molecule has 0 bridgehead atoms. The molecule has 0 spiro atoms. The van der Waals surface area contributed by atoms with Crippen molar-refractivity contribution >= 4 is 17.7 Å². The van der Waals surface area contributed by atoms with Gasteiger partial charge in [-0.2, -0.15) is 0 Å². The molecule has 100 valence electrons. The van der Waals surface area contributed by atoms with Crippen molar-refractivity contribution in [3.05, 3.63) is 35.9 Å². The smallest absolute Gasteiger partial charge is 0.232 e. The lowest BCUT2D eigenvalue weighted by molar-refractivity contribution is -0.125. The van der Waals surface area contributed by atoms with E-state index in [1.54, 1.807) is 23.7 Å². The predicted octanol–water partition coefficient (Wildman–Crippen LogP) is 0.902. The van der Waals surface area contributed by atoms with E-state index in [2.05, 4.69) is 15.5 Å². The predicted molar refractivity (Wildman–Crippen MR) is 72.8 cm³/mol. The van der Waals surface area contributed by atoms with Crippen LogP contribution in [0, 0.1) is 0 Å². The number of benzene rings is 1. The third kappa shape index (κ3) is 3.78. The first kappa shape index (κ1) is 13.5. The molecule has 1 aromatic heterocycles. The van der Waals surface area contributed by atoms with Crippen LogP contribution in [0.3, 0.4) is 0 Å². The Morgan fingerprint density at radius 2 is 2.05 bits per heavy atom. The molecule has 0 saturated heterocycles. The zero-order chi connectivity index (χ0) is 13.7. The minimum absolute atomic E-state index is 0.0410. The molecule has 0 N–H and O–H groups in total. The molecule has 0 atom stereocenters. The van der Waals surface area contributed by atoms with E-state index in [0.717, 1.165) is 5.56 Å². The minimum atomic E-state index is 0.0410. The fourth-order valence-electron chi connectivity index (χ4n) is 1.41. The summed E-state index contributed by atoms with van der Waals surface area (Å²) in [6.45, 7) is 0.604. The van der Waals surface area contributed by atoms with Crippen LogP contribution in [-0.2, 0) is 11.3 Å². The summed E-state index contributed by atoms with van der Waals surface area (Å²) in [7, 11) is 3.46. The van der Waals surface area contributed by atoms with Gasteiger partial charge in [0.2, 0.25) is 11.1 Å². The van der Waals surface area contributed by atoms with E-state index >= 15 is 0 Å². The molecule has 2 rings (SSSR count). The summed E-state index contributed by atoms with van der Waals surface area (Å²) in [4.78, 5) is 13.1. The number of thioether (sulfide) groups is 1. The van der Waals surface area contributed by atoms with Crippen molar-refractivity contribution in [3.63, 3.8) is 0 Å². The molecule has 0 fully saturated rings. The van der Waals surface area contributed by atoms with Crippen LogP contribution in [0.4, 0.5) is 0 Å². The highest BCUT2D eigenvalue weighted by molar-refractivity contribution is 7.99. The maximum atomic E-state index is 11.5. The van der Waals surface area contributed by atoms with Crippen molar-refractivity contribution in [1.82, 2.24) is 25.1 Å². The number of amides is 1. The molecular weight excluding hydrogens is 262 g/mol. The second-order valence-corrected chi connectivity index (χ2v) is 5.12. The molecule has 0 saturated carbocycles. The summed E-state index contributed by atoms with van der Waals surface area (Å²) in [5, 5.41) is 12.2. The SMILES string of the molecule is CN(C)C(=O)CSc1nnnn1Cc1ccccc1. The number of nitrogens with zero attached hydrogens (tertiary/aromatic N) is 5. The van der Waals surface area contributed by atoms with Gasteiger partial charge in [-0.1, -0.05) is 42.1 Å². The van der Waals surface area contributed by atoms with Gasteiger partial charge in [-0.05, 0) is 16.0 Å². The Kier molecular flexibility index (Phi) is 4.51. The highest BCUT2D eigenvalue weighted by atomic mass is 32.2. The zero-order valence-corrected chi connectivity index (χ0v) is 11.7. The topological polar surface area (TPSA) is 63.9 Å². The number of hydrogen-bond donors (Lipinski definition) is 0. The fraction of sp³-hybridized carbons (Fsp3) is 0.333. The van der Waals surface area contributed by atoms with Crippen LogP contribution >= 0.6 is 11.8 Å². The van der Waals surface area contributed by atoms with Crippen LogP contribution < -0.4 is 0 Å². The lowest BCUT2D eigenvalue weighted by Gasteiger charge is -2.09. The van der Waals surface area contributed by atoms with Crippen molar-refractivity contribution in [2.24, 2.45) is 0 Å². The third-order valence-corrected chi connectivity index (χ3v) is 3.44.